The van der Waals surface area contributed by atoms with Gasteiger partial charge in [-0.1, -0.05) is 0 Å². The number of amides is 1. The van der Waals surface area contributed by atoms with Crippen LogP contribution in [0.4, 0.5) is 0 Å². The van der Waals surface area contributed by atoms with Crippen molar-refractivity contribution in [3.8, 4) is 0 Å². The van der Waals surface area contributed by atoms with Crippen molar-refractivity contribution >= 4 is 5.91 Å². The Morgan fingerprint density at radius 3 is 2.68 bits per heavy atom. The zero-order valence-corrected chi connectivity index (χ0v) is 14.4. The summed E-state index contributed by atoms with van der Waals surface area (Å²) in [5.74, 6) is 1.15. The highest BCUT2D eigenvalue weighted by Gasteiger charge is 2.29. The van der Waals surface area contributed by atoms with E-state index in [2.05, 4.69) is 22.2 Å². The van der Waals surface area contributed by atoms with Gasteiger partial charge in [0.25, 0.3) is 0 Å². The predicted octanol–water partition coefficient (Wildman–Crippen LogP) is 1.34. The normalized spacial score (nSPS) is 23.4. The fourth-order valence-electron chi connectivity index (χ4n) is 3.57. The van der Waals surface area contributed by atoms with Crippen LogP contribution in [0.1, 0.15) is 38.5 Å². The predicted molar refractivity (Wildman–Crippen MR) is 88.9 cm³/mol. The van der Waals surface area contributed by atoms with E-state index >= 15 is 0 Å². The molecule has 128 valence electrons. The van der Waals surface area contributed by atoms with E-state index in [4.69, 9.17) is 4.74 Å². The van der Waals surface area contributed by atoms with E-state index in [0.29, 0.717) is 5.91 Å². The SMILES string of the molecule is COCCN(C)CCCC1CCN(C(=O)C2CCCN2)CC1. The quantitative estimate of drug-likeness (QED) is 0.735. The van der Waals surface area contributed by atoms with Crippen molar-refractivity contribution in [2.45, 2.75) is 44.6 Å². The number of piperidine rings is 1. The summed E-state index contributed by atoms with van der Waals surface area (Å²) in [5, 5.41) is 3.32. The van der Waals surface area contributed by atoms with E-state index in [1.54, 1.807) is 7.11 Å². The molecule has 5 nitrogen and oxygen atoms in total. The molecule has 0 aromatic heterocycles. The summed E-state index contributed by atoms with van der Waals surface area (Å²) in [7, 11) is 3.92. The lowest BCUT2D eigenvalue weighted by Crippen LogP contribution is -2.47. The van der Waals surface area contributed by atoms with Crippen LogP contribution in [0.5, 0.6) is 0 Å². The molecule has 0 spiro atoms. The van der Waals surface area contributed by atoms with E-state index in [-0.39, 0.29) is 6.04 Å². The Bertz CT molecular complexity index is 324. The molecule has 1 amide bonds. The van der Waals surface area contributed by atoms with Crippen LogP contribution in [0.2, 0.25) is 0 Å². The molecule has 0 radical (unpaired) electrons. The second-order valence-corrected chi connectivity index (χ2v) is 6.86. The van der Waals surface area contributed by atoms with Crippen LogP contribution < -0.4 is 5.32 Å². The Hall–Kier alpha value is -0.650. The molecule has 0 aliphatic carbocycles. The molecule has 22 heavy (non-hydrogen) atoms. The summed E-state index contributed by atoms with van der Waals surface area (Å²) in [4.78, 5) is 16.8. The van der Waals surface area contributed by atoms with Gasteiger partial charge < -0.3 is 19.9 Å². The van der Waals surface area contributed by atoms with Crippen LogP contribution in [0.25, 0.3) is 0 Å². The minimum atomic E-state index is 0.103. The number of nitrogens with one attached hydrogen (secondary N) is 1. The van der Waals surface area contributed by atoms with Crippen molar-refractivity contribution < 1.29 is 9.53 Å². The van der Waals surface area contributed by atoms with Gasteiger partial charge in [-0.2, -0.15) is 0 Å². The van der Waals surface area contributed by atoms with Gasteiger partial charge in [0.05, 0.1) is 12.6 Å². The molecule has 2 saturated heterocycles. The van der Waals surface area contributed by atoms with Crippen LogP contribution in [-0.2, 0) is 9.53 Å². The van der Waals surface area contributed by atoms with E-state index in [1.165, 1.54) is 25.7 Å². The summed E-state index contributed by atoms with van der Waals surface area (Å²) in [5.41, 5.74) is 0. The van der Waals surface area contributed by atoms with Crippen LogP contribution in [0.15, 0.2) is 0 Å². The zero-order chi connectivity index (χ0) is 15.8. The van der Waals surface area contributed by atoms with Gasteiger partial charge in [-0.3, -0.25) is 4.79 Å². The molecule has 0 bridgehead atoms. The number of likely N-dealkylation sites (N-methyl/N-ethyl adjacent to an activating group) is 1. The van der Waals surface area contributed by atoms with Gasteiger partial charge in [0.15, 0.2) is 0 Å². The van der Waals surface area contributed by atoms with Crippen LogP contribution >= 0.6 is 0 Å². The molecule has 2 aliphatic rings. The number of hydrogen-bond donors (Lipinski definition) is 1. The highest BCUT2D eigenvalue weighted by atomic mass is 16.5. The molecule has 1 unspecified atom stereocenters. The smallest absolute Gasteiger partial charge is 0.239 e. The van der Waals surface area contributed by atoms with Crippen LogP contribution in [0.3, 0.4) is 0 Å². The molecular weight excluding hydrogens is 278 g/mol. The van der Waals surface area contributed by atoms with E-state index in [1.807, 2.05) is 0 Å². The lowest BCUT2D eigenvalue weighted by Gasteiger charge is -2.33. The van der Waals surface area contributed by atoms with Crippen molar-refractivity contribution in [2.24, 2.45) is 5.92 Å². The molecular formula is C17H33N3O2. The Morgan fingerprint density at radius 1 is 1.27 bits per heavy atom. The Morgan fingerprint density at radius 2 is 2.05 bits per heavy atom. The summed E-state index contributed by atoms with van der Waals surface area (Å²) in [6, 6.07) is 0.103. The van der Waals surface area contributed by atoms with Gasteiger partial charge in [0.2, 0.25) is 5.91 Å². The largest absolute Gasteiger partial charge is 0.383 e. The third-order valence-corrected chi connectivity index (χ3v) is 5.11. The number of likely N-dealkylation sites (tertiary alicyclic amines) is 1. The standard InChI is InChI=1S/C17H33N3O2/c1-19(13-14-22-2)10-4-5-15-7-11-20(12-8-15)17(21)16-6-3-9-18-16/h15-16,18H,3-14H2,1-2H3. The number of ether oxygens (including phenoxy) is 1. The van der Waals surface area contributed by atoms with E-state index < -0.39 is 0 Å². The molecule has 2 fully saturated rings. The minimum absolute atomic E-state index is 0.103. The first-order valence-corrected chi connectivity index (χ1v) is 8.90. The minimum Gasteiger partial charge on any atom is -0.383 e. The first-order chi connectivity index (χ1) is 10.7. The molecule has 2 rings (SSSR count). The van der Waals surface area contributed by atoms with Gasteiger partial charge in [0, 0.05) is 26.7 Å². The maximum absolute atomic E-state index is 12.4. The molecule has 2 heterocycles. The second kappa shape index (κ2) is 9.48. The number of rotatable bonds is 8. The number of methoxy groups -OCH3 is 1. The van der Waals surface area contributed by atoms with Gasteiger partial charge in [0.1, 0.15) is 0 Å². The van der Waals surface area contributed by atoms with Gasteiger partial charge in [-0.25, -0.2) is 0 Å². The van der Waals surface area contributed by atoms with Gasteiger partial charge in [-0.05, 0) is 64.6 Å². The van der Waals surface area contributed by atoms with Crippen LogP contribution in [-0.4, -0.2) is 75.2 Å². The summed E-state index contributed by atoms with van der Waals surface area (Å²) in [6.07, 6.45) is 7.07. The van der Waals surface area contributed by atoms with Gasteiger partial charge >= 0.3 is 0 Å². The Balaban J connectivity index is 1.58. The third kappa shape index (κ3) is 5.52. The van der Waals surface area contributed by atoms with Crippen molar-refractivity contribution in [1.29, 1.82) is 0 Å². The fraction of sp³-hybridized carbons (Fsp3) is 0.941. The Labute approximate surface area is 135 Å². The molecule has 1 N–H and O–H groups in total. The van der Waals surface area contributed by atoms with Crippen LogP contribution in [0, 0.1) is 5.92 Å². The van der Waals surface area contributed by atoms with Crippen molar-refractivity contribution in [3.63, 3.8) is 0 Å². The maximum atomic E-state index is 12.4. The summed E-state index contributed by atoms with van der Waals surface area (Å²) >= 11 is 0. The van der Waals surface area contributed by atoms with Crippen molar-refractivity contribution in [3.05, 3.63) is 0 Å². The number of carbonyl (C=O) groups is 1. The lowest BCUT2D eigenvalue weighted by atomic mass is 9.91. The molecule has 0 aromatic rings. The maximum Gasteiger partial charge on any atom is 0.239 e. The summed E-state index contributed by atoms with van der Waals surface area (Å²) in [6.45, 7) is 5.89. The monoisotopic (exact) mass is 311 g/mol. The van der Waals surface area contributed by atoms with E-state index in [0.717, 1.165) is 58.1 Å². The average Bonchev–Trinajstić information content (AvgIpc) is 3.07. The highest BCUT2D eigenvalue weighted by molar-refractivity contribution is 5.82. The first kappa shape index (κ1) is 17.7. The molecule has 1 atom stereocenters. The topological polar surface area (TPSA) is 44.8 Å². The molecule has 0 saturated carbocycles. The fourth-order valence-corrected chi connectivity index (χ4v) is 3.57. The Kier molecular flexibility index (Phi) is 7.63. The third-order valence-electron chi connectivity index (χ3n) is 5.11. The first-order valence-electron chi connectivity index (χ1n) is 8.90. The second-order valence-electron chi connectivity index (χ2n) is 6.86. The number of hydrogen-bond acceptors (Lipinski definition) is 4. The van der Waals surface area contributed by atoms with Gasteiger partial charge in [-0.15, -0.1) is 0 Å². The van der Waals surface area contributed by atoms with Crippen molar-refractivity contribution in [2.75, 3.05) is 53.5 Å². The average molecular weight is 311 g/mol. The number of nitrogens with zero attached hydrogens (tertiary/aromatic N) is 2. The summed E-state index contributed by atoms with van der Waals surface area (Å²) < 4.78 is 5.10. The van der Waals surface area contributed by atoms with Crippen molar-refractivity contribution in [1.82, 2.24) is 15.1 Å². The molecule has 0 aromatic carbocycles. The molecule has 2 aliphatic heterocycles. The number of carbonyl (C=O) groups excluding carboxylic acids is 1. The highest BCUT2D eigenvalue weighted by Crippen LogP contribution is 2.23. The van der Waals surface area contributed by atoms with E-state index in [9.17, 15) is 4.79 Å². The lowest BCUT2D eigenvalue weighted by molar-refractivity contribution is -0.134. The zero-order valence-electron chi connectivity index (χ0n) is 14.4. The molecule has 5 heteroatoms.